The fourth-order valence-electron chi connectivity index (χ4n) is 3.33. The first-order valence-electron chi connectivity index (χ1n) is 10.4. The molecule has 0 spiro atoms. The summed E-state index contributed by atoms with van der Waals surface area (Å²) in [5.74, 6) is 0.799. The van der Waals surface area contributed by atoms with E-state index < -0.39 is 0 Å². The van der Waals surface area contributed by atoms with E-state index in [4.69, 9.17) is 9.73 Å². The van der Waals surface area contributed by atoms with Gasteiger partial charge in [-0.15, -0.1) is 0 Å². The van der Waals surface area contributed by atoms with Gasteiger partial charge in [0.15, 0.2) is 5.96 Å². The number of nitrogens with zero attached hydrogens (tertiary/aromatic N) is 3. The summed E-state index contributed by atoms with van der Waals surface area (Å²) in [6, 6.07) is 17.3. The average molecular weight is 406 g/mol. The van der Waals surface area contributed by atoms with Crippen molar-refractivity contribution < 1.29 is 4.74 Å². The van der Waals surface area contributed by atoms with Gasteiger partial charge in [0, 0.05) is 38.6 Å². The first-order valence-corrected chi connectivity index (χ1v) is 10.4. The van der Waals surface area contributed by atoms with E-state index in [1.165, 1.54) is 22.3 Å². The van der Waals surface area contributed by atoms with Crippen LogP contribution in [0.5, 0.6) is 0 Å². The molecule has 2 N–H and O–H groups in total. The standard InChI is InChI=1S/C24H31N5O/c1-4-26-24(28-19(2)17-30-3)27-15-22-7-5-6-8-23(22)21-11-9-20(10-12-21)16-29-14-13-25-18-29/h5-14,18-19H,4,15-17H2,1-3H3,(H2,26,27,28). The van der Waals surface area contributed by atoms with Crippen molar-refractivity contribution in [1.29, 1.82) is 0 Å². The topological polar surface area (TPSA) is 63.5 Å². The maximum Gasteiger partial charge on any atom is 0.191 e. The molecule has 0 radical (unpaired) electrons. The molecule has 6 heteroatoms. The van der Waals surface area contributed by atoms with Crippen LogP contribution in [0.2, 0.25) is 0 Å². The van der Waals surface area contributed by atoms with Gasteiger partial charge in [-0.3, -0.25) is 0 Å². The smallest absolute Gasteiger partial charge is 0.191 e. The van der Waals surface area contributed by atoms with Gasteiger partial charge in [0.1, 0.15) is 0 Å². The van der Waals surface area contributed by atoms with Gasteiger partial charge >= 0.3 is 0 Å². The number of hydrogen-bond donors (Lipinski definition) is 2. The Kier molecular flexibility index (Phi) is 8.03. The van der Waals surface area contributed by atoms with Crippen LogP contribution in [0.3, 0.4) is 0 Å². The second-order valence-electron chi connectivity index (χ2n) is 7.28. The third-order valence-corrected chi connectivity index (χ3v) is 4.76. The predicted octanol–water partition coefficient (Wildman–Crippen LogP) is 3.69. The molecule has 0 bridgehead atoms. The molecule has 3 rings (SSSR count). The third kappa shape index (κ3) is 6.19. The van der Waals surface area contributed by atoms with E-state index in [0.717, 1.165) is 19.0 Å². The van der Waals surface area contributed by atoms with Crippen LogP contribution in [0.4, 0.5) is 0 Å². The molecule has 158 valence electrons. The molecule has 0 aliphatic carbocycles. The zero-order valence-electron chi connectivity index (χ0n) is 18.0. The van der Waals surface area contributed by atoms with E-state index in [1.54, 1.807) is 13.3 Å². The Morgan fingerprint density at radius 2 is 1.97 bits per heavy atom. The summed E-state index contributed by atoms with van der Waals surface area (Å²) < 4.78 is 7.28. The van der Waals surface area contributed by atoms with E-state index >= 15 is 0 Å². The number of benzene rings is 2. The molecule has 1 atom stereocenters. The van der Waals surface area contributed by atoms with E-state index in [9.17, 15) is 0 Å². The van der Waals surface area contributed by atoms with Crippen molar-refractivity contribution in [3.05, 3.63) is 78.4 Å². The number of hydrogen-bond acceptors (Lipinski definition) is 3. The molecule has 2 aromatic carbocycles. The summed E-state index contributed by atoms with van der Waals surface area (Å²) in [7, 11) is 1.71. The SMILES string of the molecule is CCNC(=NCc1ccccc1-c1ccc(Cn2ccnc2)cc1)NC(C)COC. The second kappa shape index (κ2) is 11.2. The lowest BCUT2D eigenvalue weighted by atomic mass is 9.98. The van der Waals surface area contributed by atoms with Crippen molar-refractivity contribution in [2.24, 2.45) is 4.99 Å². The summed E-state index contributed by atoms with van der Waals surface area (Å²) in [6.45, 7) is 7.01. The van der Waals surface area contributed by atoms with Gasteiger partial charge in [0.2, 0.25) is 0 Å². The number of ether oxygens (including phenoxy) is 1. The largest absolute Gasteiger partial charge is 0.383 e. The molecule has 0 aliphatic rings. The highest BCUT2D eigenvalue weighted by Gasteiger charge is 2.07. The summed E-state index contributed by atoms with van der Waals surface area (Å²) >= 11 is 0. The maximum atomic E-state index is 5.21. The molecule has 30 heavy (non-hydrogen) atoms. The quantitative estimate of drug-likeness (QED) is 0.421. The summed E-state index contributed by atoms with van der Waals surface area (Å²) in [5.41, 5.74) is 4.84. The number of aromatic nitrogens is 2. The van der Waals surface area contributed by atoms with Crippen LogP contribution < -0.4 is 10.6 Å². The van der Waals surface area contributed by atoms with E-state index in [0.29, 0.717) is 13.2 Å². The molecular weight excluding hydrogens is 374 g/mol. The number of aliphatic imine (C=N–C) groups is 1. The molecule has 6 nitrogen and oxygen atoms in total. The van der Waals surface area contributed by atoms with E-state index in [2.05, 4.69) is 82.6 Å². The Labute approximate surface area is 179 Å². The van der Waals surface area contributed by atoms with Crippen molar-refractivity contribution in [2.45, 2.75) is 33.0 Å². The number of nitrogens with one attached hydrogen (secondary N) is 2. The predicted molar refractivity (Wildman–Crippen MR) is 122 cm³/mol. The molecule has 0 amide bonds. The Hall–Kier alpha value is -3.12. The van der Waals surface area contributed by atoms with Crippen LogP contribution >= 0.6 is 0 Å². The average Bonchev–Trinajstić information content (AvgIpc) is 3.26. The van der Waals surface area contributed by atoms with Crippen LogP contribution in [0.1, 0.15) is 25.0 Å². The fraction of sp³-hybridized carbons (Fsp3) is 0.333. The van der Waals surface area contributed by atoms with E-state index in [1.807, 2.05) is 12.5 Å². The Morgan fingerprint density at radius 1 is 1.17 bits per heavy atom. The molecule has 1 aromatic heterocycles. The van der Waals surface area contributed by atoms with Crippen molar-refractivity contribution in [1.82, 2.24) is 20.2 Å². The molecule has 1 heterocycles. The number of rotatable bonds is 9. The summed E-state index contributed by atoms with van der Waals surface area (Å²) in [6.07, 6.45) is 5.62. The van der Waals surface area contributed by atoms with Gasteiger partial charge in [0.05, 0.1) is 19.5 Å². The lowest BCUT2D eigenvalue weighted by Gasteiger charge is -2.17. The molecule has 0 fully saturated rings. The first kappa shape index (κ1) is 21.6. The highest BCUT2D eigenvalue weighted by atomic mass is 16.5. The minimum Gasteiger partial charge on any atom is -0.383 e. The number of imidazole rings is 1. The Morgan fingerprint density at radius 3 is 2.67 bits per heavy atom. The van der Waals surface area contributed by atoms with Crippen LogP contribution in [0, 0.1) is 0 Å². The van der Waals surface area contributed by atoms with Crippen LogP contribution in [-0.2, 0) is 17.8 Å². The van der Waals surface area contributed by atoms with E-state index in [-0.39, 0.29) is 6.04 Å². The lowest BCUT2D eigenvalue weighted by Crippen LogP contribution is -2.43. The van der Waals surface area contributed by atoms with Crippen molar-refractivity contribution >= 4 is 5.96 Å². The Balaban J connectivity index is 1.74. The molecule has 1 unspecified atom stereocenters. The lowest BCUT2D eigenvalue weighted by molar-refractivity contribution is 0.179. The van der Waals surface area contributed by atoms with Gasteiger partial charge < -0.3 is 19.9 Å². The van der Waals surface area contributed by atoms with Gasteiger partial charge in [-0.25, -0.2) is 9.98 Å². The molecular formula is C24H31N5O. The highest BCUT2D eigenvalue weighted by molar-refractivity contribution is 5.80. The van der Waals surface area contributed by atoms with Gasteiger partial charge in [0.25, 0.3) is 0 Å². The minimum absolute atomic E-state index is 0.186. The number of guanidine groups is 1. The normalized spacial score (nSPS) is 12.6. The molecule has 0 aliphatic heterocycles. The third-order valence-electron chi connectivity index (χ3n) is 4.76. The van der Waals surface area contributed by atoms with Crippen LogP contribution in [0.15, 0.2) is 72.2 Å². The fourth-order valence-corrected chi connectivity index (χ4v) is 3.33. The van der Waals surface area contributed by atoms with Crippen molar-refractivity contribution in [3.63, 3.8) is 0 Å². The summed E-state index contributed by atoms with van der Waals surface area (Å²) in [5, 5.41) is 6.69. The second-order valence-corrected chi connectivity index (χ2v) is 7.28. The summed E-state index contributed by atoms with van der Waals surface area (Å²) in [4.78, 5) is 8.89. The van der Waals surface area contributed by atoms with Crippen LogP contribution in [0.25, 0.3) is 11.1 Å². The Bertz CT molecular complexity index is 919. The maximum absolute atomic E-state index is 5.21. The minimum atomic E-state index is 0.186. The number of methoxy groups -OCH3 is 1. The molecule has 3 aromatic rings. The molecule has 0 saturated heterocycles. The zero-order valence-corrected chi connectivity index (χ0v) is 18.0. The van der Waals surface area contributed by atoms with Crippen molar-refractivity contribution in [3.8, 4) is 11.1 Å². The molecule has 0 saturated carbocycles. The van der Waals surface area contributed by atoms with Crippen molar-refractivity contribution in [2.75, 3.05) is 20.3 Å². The monoisotopic (exact) mass is 405 g/mol. The van der Waals surface area contributed by atoms with Gasteiger partial charge in [-0.1, -0.05) is 48.5 Å². The van der Waals surface area contributed by atoms with Gasteiger partial charge in [-0.2, -0.15) is 0 Å². The van der Waals surface area contributed by atoms with Gasteiger partial charge in [-0.05, 0) is 36.1 Å². The zero-order chi connectivity index (χ0) is 21.2. The highest BCUT2D eigenvalue weighted by Crippen LogP contribution is 2.25. The first-order chi connectivity index (χ1) is 14.7. The van der Waals surface area contributed by atoms with Crippen LogP contribution in [-0.4, -0.2) is 41.8 Å².